The first kappa shape index (κ1) is 30.0. The fourth-order valence-electron chi connectivity index (χ4n) is 6.78. The molecule has 0 spiro atoms. The van der Waals surface area contributed by atoms with Gasteiger partial charge in [-0.2, -0.15) is 13.2 Å². The van der Waals surface area contributed by atoms with E-state index in [1.165, 1.54) is 23.1 Å². The van der Waals surface area contributed by atoms with Gasteiger partial charge in [0.1, 0.15) is 17.2 Å². The number of nitrogens with zero attached hydrogens (tertiary/aromatic N) is 3. The van der Waals surface area contributed by atoms with Gasteiger partial charge in [0.15, 0.2) is 6.73 Å². The van der Waals surface area contributed by atoms with E-state index in [4.69, 9.17) is 21.1 Å². The Morgan fingerprint density at radius 3 is 2.51 bits per heavy atom. The molecule has 43 heavy (non-hydrogen) atoms. The van der Waals surface area contributed by atoms with E-state index in [9.17, 15) is 32.3 Å². The molecule has 2 aromatic rings. The van der Waals surface area contributed by atoms with Crippen molar-refractivity contribution in [2.45, 2.75) is 63.0 Å². The van der Waals surface area contributed by atoms with Crippen molar-refractivity contribution in [2.75, 3.05) is 37.9 Å². The number of ether oxygens (including phenoxy) is 2. The van der Waals surface area contributed by atoms with Gasteiger partial charge < -0.3 is 24.4 Å². The quantitative estimate of drug-likeness (QED) is 0.445. The van der Waals surface area contributed by atoms with Gasteiger partial charge in [0.05, 0.1) is 24.3 Å². The lowest BCUT2D eigenvalue weighted by atomic mass is 9.85. The molecule has 3 aliphatic heterocycles. The number of hydrogen-bond acceptors (Lipinski definition) is 6. The summed E-state index contributed by atoms with van der Waals surface area (Å²) in [6.07, 6.45) is -1.75. The second-order valence-corrected chi connectivity index (χ2v) is 12.3. The smallest absolute Gasteiger partial charge is 0.420 e. The van der Waals surface area contributed by atoms with Crippen LogP contribution in [0.5, 0.6) is 5.75 Å². The Labute approximate surface area is 251 Å². The van der Waals surface area contributed by atoms with Crippen LogP contribution in [0.2, 0.25) is 5.02 Å². The molecule has 4 aliphatic rings. The highest BCUT2D eigenvalue weighted by molar-refractivity contribution is 6.30. The van der Waals surface area contributed by atoms with Gasteiger partial charge in [-0.15, -0.1) is 0 Å². The Hall–Kier alpha value is -3.09. The van der Waals surface area contributed by atoms with Crippen LogP contribution in [0.4, 0.5) is 23.2 Å². The third-order valence-electron chi connectivity index (χ3n) is 9.12. The Morgan fingerprint density at radius 1 is 1.12 bits per heavy atom. The highest BCUT2D eigenvalue weighted by Gasteiger charge is 2.56. The van der Waals surface area contributed by atoms with Crippen LogP contribution in [-0.4, -0.2) is 77.4 Å². The number of fused-ring (bicyclic) bond motifs is 1. The maximum absolute atomic E-state index is 13.9. The summed E-state index contributed by atoms with van der Waals surface area (Å²) in [4.78, 5) is 31.1. The highest BCUT2D eigenvalue weighted by atomic mass is 35.5. The average molecular weight is 626 g/mol. The largest absolute Gasteiger partial charge is 0.478 e. The molecular formula is C30H32ClF4N3O5. The number of rotatable bonds is 5. The number of hydrogen-bond donors (Lipinski definition) is 1. The minimum atomic E-state index is -4.64. The molecular weight excluding hydrogens is 594 g/mol. The maximum atomic E-state index is 13.9. The van der Waals surface area contributed by atoms with Crippen molar-refractivity contribution in [3.63, 3.8) is 0 Å². The Morgan fingerprint density at radius 2 is 1.88 bits per heavy atom. The lowest BCUT2D eigenvalue weighted by molar-refractivity contribution is -0.180. The number of carboxylic acid groups (broad SMARTS) is 1. The predicted octanol–water partition coefficient (Wildman–Crippen LogP) is 5.41. The summed E-state index contributed by atoms with van der Waals surface area (Å²) in [5.74, 6) is -2.60. The minimum Gasteiger partial charge on any atom is -0.478 e. The zero-order valence-corrected chi connectivity index (χ0v) is 24.3. The number of carbonyl (C=O) groups is 2. The molecule has 0 radical (unpaired) electrons. The molecule has 1 aliphatic carbocycles. The molecule has 6 rings (SSSR count). The molecule has 1 amide bonds. The van der Waals surface area contributed by atoms with Crippen LogP contribution in [0.1, 0.15) is 54.1 Å². The molecule has 1 saturated carbocycles. The predicted molar refractivity (Wildman–Crippen MR) is 149 cm³/mol. The maximum Gasteiger partial charge on any atom is 0.420 e. The number of aromatic carboxylic acids is 1. The summed E-state index contributed by atoms with van der Waals surface area (Å²) in [7, 11) is 0. The molecule has 232 valence electrons. The lowest BCUT2D eigenvalue weighted by Crippen LogP contribution is -2.61. The van der Waals surface area contributed by atoms with Crippen molar-refractivity contribution in [3.8, 4) is 5.75 Å². The van der Waals surface area contributed by atoms with Gasteiger partial charge in [0, 0.05) is 48.0 Å². The van der Waals surface area contributed by atoms with Crippen LogP contribution in [-0.2, 0) is 22.3 Å². The van der Waals surface area contributed by atoms with Crippen molar-refractivity contribution in [1.29, 1.82) is 0 Å². The standard InChI is InChI=1S/C30H32ClF4N3O5/c1-17-13-36(8-9-38(17)21-4-5-25(32)23(12-21)27(39)40)22-6-7-29(43-15-22,19-2-3-19)28(41)37-14-18-10-20(31)11-24(30(33,34)35)26(18)42-16-37/h4-5,10-12,17,19,22H,2-3,6-9,13-16H2,1H3,(H,39,40)/t17?,22?,29-/m0/s1. The zero-order valence-electron chi connectivity index (χ0n) is 23.5. The monoisotopic (exact) mass is 625 g/mol. The average Bonchev–Trinajstić information content (AvgIpc) is 3.82. The first-order valence-corrected chi connectivity index (χ1v) is 14.7. The summed E-state index contributed by atoms with van der Waals surface area (Å²) in [5.41, 5.74) is -1.50. The SMILES string of the molecule is CC1CN(C2CC[C@@](C(=O)N3COc4c(cc(Cl)cc4C(F)(F)F)C3)(C3CC3)OC2)CCN1c1ccc(F)c(C(=O)O)c1. The molecule has 3 fully saturated rings. The van der Waals surface area contributed by atoms with Gasteiger partial charge in [0.25, 0.3) is 5.91 Å². The van der Waals surface area contributed by atoms with E-state index in [0.717, 1.165) is 18.9 Å². The molecule has 2 saturated heterocycles. The van der Waals surface area contributed by atoms with E-state index in [0.29, 0.717) is 44.8 Å². The fourth-order valence-corrected chi connectivity index (χ4v) is 7.02. The number of anilines is 1. The number of carbonyl (C=O) groups excluding carboxylic acids is 1. The van der Waals surface area contributed by atoms with Gasteiger partial charge in [-0.3, -0.25) is 9.69 Å². The topological polar surface area (TPSA) is 82.6 Å². The first-order valence-electron chi connectivity index (χ1n) is 14.4. The number of amides is 1. The molecule has 0 aromatic heterocycles. The van der Waals surface area contributed by atoms with Gasteiger partial charge in [-0.1, -0.05) is 11.6 Å². The van der Waals surface area contributed by atoms with Crippen molar-refractivity contribution in [2.24, 2.45) is 5.92 Å². The van der Waals surface area contributed by atoms with Gasteiger partial charge in [0.2, 0.25) is 0 Å². The summed E-state index contributed by atoms with van der Waals surface area (Å²) < 4.78 is 66.6. The van der Waals surface area contributed by atoms with E-state index in [-0.39, 0.29) is 59.1 Å². The minimum absolute atomic E-state index is 0.0246. The van der Waals surface area contributed by atoms with Gasteiger partial charge >= 0.3 is 12.1 Å². The van der Waals surface area contributed by atoms with Crippen LogP contribution in [0.25, 0.3) is 0 Å². The van der Waals surface area contributed by atoms with E-state index < -0.39 is 29.1 Å². The molecule has 1 N–H and O–H groups in total. The van der Waals surface area contributed by atoms with Crippen LogP contribution < -0.4 is 9.64 Å². The number of benzene rings is 2. The van der Waals surface area contributed by atoms with Crippen LogP contribution >= 0.6 is 11.6 Å². The molecule has 3 heterocycles. The second-order valence-electron chi connectivity index (χ2n) is 11.9. The van der Waals surface area contributed by atoms with Gasteiger partial charge in [-0.05, 0) is 68.9 Å². The number of halogens is 5. The fraction of sp³-hybridized carbons (Fsp3) is 0.533. The summed E-state index contributed by atoms with van der Waals surface area (Å²) in [5, 5.41) is 9.23. The summed E-state index contributed by atoms with van der Waals surface area (Å²) in [6, 6.07) is 6.47. The zero-order chi connectivity index (χ0) is 30.7. The van der Waals surface area contributed by atoms with E-state index in [1.807, 2.05) is 6.92 Å². The van der Waals surface area contributed by atoms with Crippen molar-refractivity contribution < 1.29 is 41.7 Å². The third kappa shape index (κ3) is 5.64. The number of alkyl halides is 3. The third-order valence-corrected chi connectivity index (χ3v) is 9.34. The molecule has 0 bridgehead atoms. The Bertz CT molecular complexity index is 1430. The van der Waals surface area contributed by atoms with E-state index >= 15 is 0 Å². The van der Waals surface area contributed by atoms with Gasteiger partial charge in [-0.25, -0.2) is 9.18 Å². The van der Waals surface area contributed by atoms with Crippen LogP contribution in [0.3, 0.4) is 0 Å². The Kier molecular flexibility index (Phi) is 7.75. The van der Waals surface area contributed by atoms with Crippen molar-refractivity contribution in [1.82, 2.24) is 9.80 Å². The number of piperazine rings is 1. The number of carboxylic acids is 1. The second kappa shape index (κ2) is 11.1. The van der Waals surface area contributed by atoms with Crippen LogP contribution in [0.15, 0.2) is 30.3 Å². The van der Waals surface area contributed by atoms with Crippen molar-refractivity contribution >= 4 is 29.2 Å². The van der Waals surface area contributed by atoms with Crippen LogP contribution in [0, 0.1) is 11.7 Å². The molecule has 2 unspecified atom stereocenters. The summed E-state index contributed by atoms with van der Waals surface area (Å²) in [6.45, 7) is 3.99. The first-order chi connectivity index (χ1) is 20.4. The highest BCUT2D eigenvalue weighted by Crippen LogP contribution is 2.49. The molecule has 8 nitrogen and oxygen atoms in total. The van der Waals surface area contributed by atoms with E-state index in [1.54, 1.807) is 6.07 Å². The lowest BCUT2D eigenvalue weighted by Gasteiger charge is -2.48. The normalized spacial score (nSPS) is 26.6. The van der Waals surface area contributed by atoms with E-state index in [2.05, 4.69) is 9.80 Å². The summed E-state index contributed by atoms with van der Waals surface area (Å²) >= 11 is 5.99. The van der Waals surface area contributed by atoms with Crippen molar-refractivity contribution in [3.05, 3.63) is 57.9 Å². The Balaban J connectivity index is 1.12. The molecule has 2 aromatic carbocycles. The molecule has 13 heteroatoms. The molecule has 3 atom stereocenters.